The van der Waals surface area contributed by atoms with Gasteiger partial charge >= 0.3 is 0 Å². The quantitative estimate of drug-likeness (QED) is 0.826. The van der Waals surface area contributed by atoms with Crippen molar-refractivity contribution in [3.63, 3.8) is 0 Å². The third-order valence-corrected chi connectivity index (χ3v) is 4.93. The molecule has 2 aromatic rings. The van der Waals surface area contributed by atoms with Crippen LogP contribution in [0.15, 0.2) is 54.6 Å². The second-order valence-corrected chi connectivity index (χ2v) is 6.84. The Balaban J connectivity index is 1.49. The molecule has 1 N–H and O–H groups in total. The maximum atomic E-state index is 12.7. The van der Waals surface area contributed by atoms with Crippen molar-refractivity contribution in [1.29, 1.82) is 0 Å². The number of benzene rings is 2. The van der Waals surface area contributed by atoms with Gasteiger partial charge in [0.05, 0.1) is 0 Å². The van der Waals surface area contributed by atoms with Gasteiger partial charge < -0.3 is 15.0 Å². The highest BCUT2D eigenvalue weighted by Gasteiger charge is 2.23. The predicted molar refractivity (Wildman–Crippen MR) is 104 cm³/mol. The average Bonchev–Trinajstić information content (AvgIpc) is 2.72. The van der Waals surface area contributed by atoms with E-state index in [2.05, 4.69) is 12.2 Å². The van der Waals surface area contributed by atoms with E-state index < -0.39 is 0 Å². The lowest BCUT2D eigenvalue weighted by Crippen LogP contribution is -2.40. The number of ether oxygens (including phenoxy) is 1. The fourth-order valence-electron chi connectivity index (χ4n) is 3.30. The largest absolute Gasteiger partial charge is 0.489 e. The Kier molecular flexibility index (Phi) is 6.67. The molecule has 0 aromatic heterocycles. The van der Waals surface area contributed by atoms with Crippen LogP contribution in [0.3, 0.4) is 0 Å². The molecule has 26 heavy (non-hydrogen) atoms. The fraction of sp³-hybridized carbons (Fsp3) is 0.409. The van der Waals surface area contributed by atoms with Crippen LogP contribution in [0.2, 0.25) is 0 Å². The first-order chi connectivity index (χ1) is 12.8. The number of para-hydroxylation sites is 1. The zero-order valence-electron chi connectivity index (χ0n) is 15.5. The third kappa shape index (κ3) is 5.09. The molecule has 1 fully saturated rings. The predicted octanol–water partition coefficient (Wildman–Crippen LogP) is 3.73. The molecule has 138 valence electrons. The first kappa shape index (κ1) is 18.5. The molecule has 0 bridgehead atoms. The maximum Gasteiger partial charge on any atom is 0.253 e. The summed E-state index contributed by atoms with van der Waals surface area (Å²) in [5.41, 5.74) is 1.83. The Morgan fingerprint density at radius 3 is 2.42 bits per heavy atom. The minimum Gasteiger partial charge on any atom is -0.489 e. The second kappa shape index (κ2) is 9.39. The lowest BCUT2D eigenvalue weighted by Gasteiger charge is -2.32. The van der Waals surface area contributed by atoms with Crippen molar-refractivity contribution in [1.82, 2.24) is 10.2 Å². The minimum absolute atomic E-state index is 0.141. The number of amides is 1. The van der Waals surface area contributed by atoms with Gasteiger partial charge in [0.25, 0.3) is 5.91 Å². The summed E-state index contributed by atoms with van der Waals surface area (Å²) < 4.78 is 5.75. The summed E-state index contributed by atoms with van der Waals surface area (Å²) >= 11 is 0. The molecule has 1 aliphatic rings. The van der Waals surface area contributed by atoms with Crippen LogP contribution in [-0.2, 0) is 6.61 Å². The topological polar surface area (TPSA) is 41.6 Å². The van der Waals surface area contributed by atoms with Crippen molar-refractivity contribution < 1.29 is 9.53 Å². The van der Waals surface area contributed by atoms with Gasteiger partial charge in [0.15, 0.2) is 0 Å². The van der Waals surface area contributed by atoms with Crippen molar-refractivity contribution in [2.24, 2.45) is 5.92 Å². The van der Waals surface area contributed by atoms with Crippen molar-refractivity contribution in [2.45, 2.75) is 26.4 Å². The van der Waals surface area contributed by atoms with E-state index >= 15 is 0 Å². The van der Waals surface area contributed by atoms with Crippen LogP contribution in [0.1, 0.15) is 35.7 Å². The Labute approximate surface area is 156 Å². The molecule has 0 spiro atoms. The van der Waals surface area contributed by atoms with Crippen LogP contribution in [0.4, 0.5) is 0 Å². The minimum atomic E-state index is 0.141. The molecule has 0 atom stereocenters. The highest BCUT2D eigenvalue weighted by molar-refractivity contribution is 5.94. The second-order valence-electron chi connectivity index (χ2n) is 6.84. The van der Waals surface area contributed by atoms with Crippen LogP contribution in [0.25, 0.3) is 0 Å². The van der Waals surface area contributed by atoms with Crippen molar-refractivity contribution in [2.75, 3.05) is 26.2 Å². The molecule has 1 aliphatic heterocycles. The van der Waals surface area contributed by atoms with Crippen molar-refractivity contribution in [3.05, 3.63) is 65.7 Å². The SMILES string of the molecule is CCNCC1CCN(C(=O)c2ccc(COc3ccccc3)cc2)CC1. The molecule has 1 heterocycles. The zero-order chi connectivity index (χ0) is 18.2. The van der Waals surface area contributed by atoms with E-state index in [9.17, 15) is 4.79 Å². The van der Waals surface area contributed by atoms with Crippen LogP contribution in [0.5, 0.6) is 5.75 Å². The third-order valence-electron chi connectivity index (χ3n) is 4.93. The molecule has 0 radical (unpaired) electrons. The smallest absolute Gasteiger partial charge is 0.253 e. The molecule has 1 amide bonds. The van der Waals surface area contributed by atoms with Crippen LogP contribution < -0.4 is 10.1 Å². The number of nitrogens with zero attached hydrogens (tertiary/aromatic N) is 1. The number of nitrogens with one attached hydrogen (secondary N) is 1. The van der Waals surface area contributed by atoms with E-state index in [-0.39, 0.29) is 5.91 Å². The van der Waals surface area contributed by atoms with Gasteiger partial charge in [-0.2, -0.15) is 0 Å². The number of carbonyl (C=O) groups excluding carboxylic acids is 1. The van der Waals surface area contributed by atoms with Gasteiger partial charge in [-0.15, -0.1) is 0 Å². The molecule has 1 saturated heterocycles. The fourth-order valence-corrected chi connectivity index (χ4v) is 3.30. The van der Waals surface area contributed by atoms with E-state index in [1.54, 1.807) is 0 Å². The van der Waals surface area contributed by atoms with Gasteiger partial charge in [-0.25, -0.2) is 0 Å². The molecule has 3 rings (SSSR count). The molecule has 0 saturated carbocycles. The van der Waals surface area contributed by atoms with E-state index in [1.807, 2.05) is 59.5 Å². The number of hydrogen-bond donors (Lipinski definition) is 1. The number of piperidine rings is 1. The van der Waals surface area contributed by atoms with Gasteiger partial charge in [-0.05, 0) is 61.7 Å². The number of rotatable bonds is 7. The number of carbonyl (C=O) groups is 1. The summed E-state index contributed by atoms with van der Waals surface area (Å²) in [6, 6.07) is 17.6. The molecule has 0 unspecified atom stereocenters. The number of hydrogen-bond acceptors (Lipinski definition) is 3. The lowest BCUT2D eigenvalue weighted by atomic mass is 9.96. The van der Waals surface area contributed by atoms with Crippen LogP contribution >= 0.6 is 0 Å². The average molecular weight is 352 g/mol. The van der Waals surface area contributed by atoms with Crippen LogP contribution in [-0.4, -0.2) is 37.0 Å². The Morgan fingerprint density at radius 1 is 1.08 bits per heavy atom. The molecule has 4 heteroatoms. The molecule has 0 aliphatic carbocycles. The maximum absolute atomic E-state index is 12.7. The standard InChI is InChI=1S/C22H28N2O2/c1-2-23-16-18-12-14-24(15-13-18)22(25)20-10-8-19(9-11-20)17-26-21-6-4-3-5-7-21/h3-11,18,23H,2,12-17H2,1H3. The van der Waals surface area contributed by atoms with Crippen molar-refractivity contribution >= 4 is 5.91 Å². The van der Waals surface area contributed by atoms with Gasteiger partial charge in [0, 0.05) is 18.7 Å². The molecule has 4 nitrogen and oxygen atoms in total. The summed E-state index contributed by atoms with van der Waals surface area (Å²) in [7, 11) is 0. The molecular weight excluding hydrogens is 324 g/mol. The van der Waals surface area contributed by atoms with Gasteiger partial charge in [-0.1, -0.05) is 37.3 Å². The number of likely N-dealkylation sites (tertiary alicyclic amines) is 1. The summed E-state index contributed by atoms with van der Waals surface area (Å²) in [5, 5.41) is 3.41. The molecular formula is C22H28N2O2. The first-order valence-electron chi connectivity index (χ1n) is 9.53. The normalized spacial score (nSPS) is 15.0. The highest BCUT2D eigenvalue weighted by Crippen LogP contribution is 2.19. The molecule has 2 aromatic carbocycles. The van der Waals surface area contributed by atoms with E-state index in [1.165, 1.54) is 0 Å². The van der Waals surface area contributed by atoms with Crippen LogP contribution in [0, 0.1) is 5.92 Å². The summed E-state index contributed by atoms with van der Waals surface area (Å²) in [5.74, 6) is 1.69. The summed E-state index contributed by atoms with van der Waals surface area (Å²) in [6.45, 7) is 6.43. The highest BCUT2D eigenvalue weighted by atomic mass is 16.5. The van der Waals surface area contributed by atoms with E-state index in [0.717, 1.165) is 55.9 Å². The summed E-state index contributed by atoms with van der Waals surface area (Å²) in [4.78, 5) is 14.7. The van der Waals surface area contributed by atoms with E-state index in [0.29, 0.717) is 12.5 Å². The summed E-state index contributed by atoms with van der Waals surface area (Å²) in [6.07, 6.45) is 2.17. The Bertz CT molecular complexity index is 677. The van der Waals surface area contributed by atoms with Gasteiger partial charge in [0.2, 0.25) is 0 Å². The van der Waals surface area contributed by atoms with E-state index in [4.69, 9.17) is 4.74 Å². The Hall–Kier alpha value is -2.33. The van der Waals surface area contributed by atoms with Crippen molar-refractivity contribution in [3.8, 4) is 5.75 Å². The lowest BCUT2D eigenvalue weighted by molar-refractivity contribution is 0.0690. The zero-order valence-corrected chi connectivity index (χ0v) is 15.5. The monoisotopic (exact) mass is 352 g/mol. The van der Waals surface area contributed by atoms with Gasteiger partial charge in [0.1, 0.15) is 12.4 Å². The first-order valence-corrected chi connectivity index (χ1v) is 9.53. The van der Waals surface area contributed by atoms with Gasteiger partial charge in [-0.3, -0.25) is 4.79 Å². The Morgan fingerprint density at radius 2 is 1.77 bits per heavy atom.